The van der Waals surface area contributed by atoms with Crippen LogP contribution >= 0.6 is 0 Å². The fourth-order valence-corrected chi connectivity index (χ4v) is 2.60. The van der Waals surface area contributed by atoms with Gasteiger partial charge in [0.1, 0.15) is 17.0 Å². The van der Waals surface area contributed by atoms with Crippen molar-refractivity contribution in [2.75, 3.05) is 13.1 Å². The number of nitrogens with zero attached hydrogens (tertiary/aromatic N) is 3. The van der Waals surface area contributed by atoms with Gasteiger partial charge in [-0.3, -0.25) is 0 Å². The summed E-state index contributed by atoms with van der Waals surface area (Å²) in [5.74, 6) is 0.627. The molecule has 0 bridgehead atoms. The van der Waals surface area contributed by atoms with E-state index in [9.17, 15) is 9.90 Å². The minimum atomic E-state index is -0.453. The van der Waals surface area contributed by atoms with Crippen molar-refractivity contribution < 1.29 is 14.6 Å². The van der Waals surface area contributed by atoms with Crippen LogP contribution < -0.4 is 0 Å². The highest BCUT2D eigenvalue weighted by molar-refractivity contribution is 5.69. The fraction of sp³-hybridized carbons (Fsp3) is 0.500. The maximum absolute atomic E-state index is 11.9. The maximum Gasteiger partial charge on any atom is 0.410 e. The third-order valence-corrected chi connectivity index (χ3v) is 3.59. The van der Waals surface area contributed by atoms with Crippen LogP contribution in [0.15, 0.2) is 24.5 Å². The average molecular weight is 303 g/mol. The SMILES string of the molecule is CC(C)(C)OC(=O)N1CC(Cc2cn3cc(O)ccc3n2)C1. The molecule has 1 saturated heterocycles. The maximum atomic E-state index is 11.9. The summed E-state index contributed by atoms with van der Waals surface area (Å²) in [4.78, 5) is 18.1. The molecule has 118 valence electrons. The predicted molar refractivity (Wildman–Crippen MR) is 81.9 cm³/mol. The number of aromatic nitrogens is 2. The van der Waals surface area contributed by atoms with Gasteiger partial charge in [-0.2, -0.15) is 0 Å². The van der Waals surface area contributed by atoms with Crippen LogP contribution in [0, 0.1) is 5.92 Å². The molecule has 22 heavy (non-hydrogen) atoms. The largest absolute Gasteiger partial charge is 0.506 e. The van der Waals surface area contributed by atoms with Crippen molar-refractivity contribution in [3.63, 3.8) is 0 Å². The fourth-order valence-electron chi connectivity index (χ4n) is 2.60. The monoisotopic (exact) mass is 303 g/mol. The number of likely N-dealkylation sites (tertiary alicyclic amines) is 1. The number of aromatic hydroxyl groups is 1. The molecule has 0 atom stereocenters. The number of carbonyl (C=O) groups is 1. The molecule has 6 heteroatoms. The highest BCUT2D eigenvalue weighted by atomic mass is 16.6. The van der Waals surface area contributed by atoms with Gasteiger partial charge in [-0.15, -0.1) is 0 Å². The number of amides is 1. The van der Waals surface area contributed by atoms with E-state index in [0.29, 0.717) is 19.0 Å². The first kappa shape index (κ1) is 14.7. The summed E-state index contributed by atoms with van der Waals surface area (Å²) in [7, 11) is 0. The lowest BCUT2D eigenvalue weighted by Crippen LogP contribution is -2.52. The molecule has 0 unspecified atom stereocenters. The Morgan fingerprint density at radius 2 is 2.09 bits per heavy atom. The van der Waals surface area contributed by atoms with E-state index in [1.165, 1.54) is 0 Å². The zero-order chi connectivity index (χ0) is 15.9. The van der Waals surface area contributed by atoms with Gasteiger partial charge in [0.05, 0.1) is 11.9 Å². The molecule has 3 rings (SSSR count). The van der Waals surface area contributed by atoms with Gasteiger partial charge in [0, 0.05) is 19.3 Å². The van der Waals surface area contributed by atoms with Gasteiger partial charge < -0.3 is 19.1 Å². The van der Waals surface area contributed by atoms with Crippen molar-refractivity contribution in [1.29, 1.82) is 0 Å². The number of pyridine rings is 1. The van der Waals surface area contributed by atoms with E-state index in [1.54, 1.807) is 23.2 Å². The molecule has 2 aromatic rings. The minimum absolute atomic E-state index is 0.219. The topological polar surface area (TPSA) is 67.1 Å². The summed E-state index contributed by atoms with van der Waals surface area (Å²) in [6, 6.07) is 3.41. The summed E-state index contributed by atoms with van der Waals surface area (Å²) >= 11 is 0. The Morgan fingerprint density at radius 3 is 2.77 bits per heavy atom. The molecule has 2 aromatic heterocycles. The first-order chi connectivity index (χ1) is 10.3. The van der Waals surface area contributed by atoms with Crippen molar-refractivity contribution in [2.24, 2.45) is 5.92 Å². The Kier molecular flexibility index (Phi) is 3.47. The highest BCUT2D eigenvalue weighted by Gasteiger charge is 2.33. The molecular weight excluding hydrogens is 282 g/mol. The first-order valence-electron chi connectivity index (χ1n) is 7.45. The molecule has 0 saturated carbocycles. The lowest BCUT2D eigenvalue weighted by atomic mass is 9.95. The summed E-state index contributed by atoms with van der Waals surface area (Å²) in [6.07, 6.45) is 4.13. The molecule has 0 radical (unpaired) electrons. The number of imidazole rings is 1. The molecule has 1 fully saturated rings. The second-order valence-corrected chi connectivity index (χ2v) is 6.84. The van der Waals surface area contributed by atoms with E-state index in [-0.39, 0.29) is 11.8 Å². The Labute approximate surface area is 129 Å². The minimum Gasteiger partial charge on any atom is -0.506 e. The van der Waals surface area contributed by atoms with Crippen molar-refractivity contribution in [3.8, 4) is 5.75 Å². The molecule has 1 amide bonds. The molecule has 6 nitrogen and oxygen atoms in total. The summed E-state index contributed by atoms with van der Waals surface area (Å²) in [6.45, 7) is 7.01. The van der Waals surface area contributed by atoms with Crippen LogP contribution in [0.4, 0.5) is 4.79 Å². The molecule has 1 N–H and O–H groups in total. The molecule has 1 aliphatic rings. The number of ether oxygens (including phenoxy) is 1. The highest BCUT2D eigenvalue weighted by Crippen LogP contribution is 2.23. The van der Waals surface area contributed by atoms with Gasteiger partial charge in [0.15, 0.2) is 0 Å². The summed E-state index contributed by atoms with van der Waals surface area (Å²) < 4.78 is 7.16. The van der Waals surface area contributed by atoms with Crippen LogP contribution in [-0.4, -0.2) is 44.2 Å². The van der Waals surface area contributed by atoms with E-state index in [0.717, 1.165) is 17.8 Å². The van der Waals surface area contributed by atoms with Crippen LogP contribution in [0.25, 0.3) is 5.65 Å². The van der Waals surface area contributed by atoms with Gasteiger partial charge >= 0.3 is 6.09 Å². The second-order valence-electron chi connectivity index (χ2n) is 6.84. The van der Waals surface area contributed by atoms with Gasteiger partial charge in [0.25, 0.3) is 0 Å². The van der Waals surface area contributed by atoms with Crippen molar-refractivity contribution in [1.82, 2.24) is 14.3 Å². The lowest BCUT2D eigenvalue weighted by Gasteiger charge is -2.39. The van der Waals surface area contributed by atoms with E-state index in [4.69, 9.17) is 4.74 Å². The molecular formula is C16H21N3O3. The van der Waals surface area contributed by atoms with Crippen molar-refractivity contribution in [3.05, 3.63) is 30.2 Å². The smallest absolute Gasteiger partial charge is 0.410 e. The van der Waals surface area contributed by atoms with Crippen LogP contribution in [0.3, 0.4) is 0 Å². The normalized spacial score (nSPS) is 15.9. The Balaban J connectivity index is 1.56. The van der Waals surface area contributed by atoms with Crippen molar-refractivity contribution >= 4 is 11.7 Å². The number of hydrogen-bond acceptors (Lipinski definition) is 4. The molecule has 1 aliphatic heterocycles. The molecule has 0 aliphatic carbocycles. The van der Waals surface area contributed by atoms with Crippen molar-refractivity contribution in [2.45, 2.75) is 32.8 Å². The van der Waals surface area contributed by atoms with Crippen LogP contribution in [-0.2, 0) is 11.2 Å². The van der Waals surface area contributed by atoms with Gasteiger partial charge in [-0.25, -0.2) is 9.78 Å². The molecule has 0 spiro atoms. The molecule has 0 aromatic carbocycles. The van der Waals surface area contributed by atoms with Crippen LogP contribution in [0.5, 0.6) is 5.75 Å². The van der Waals surface area contributed by atoms with Crippen LogP contribution in [0.1, 0.15) is 26.5 Å². The van der Waals surface area contributed by atoms with E-state index in [1.807, 2.05) is 31.4 Å². The quantitative estimate of drug-likeness (QED) is 0.925. The van der Waals surface area contributed by atoms with Crippen LogP contribution in [0.2, 0.25) is 0 Å². The Hall–Kier alpha value is -2.24. The Morgan fingerprint density at radius 1 is 1.36 bits per heavy atom. The molecule has 3 heterocycles. The Bertz CT molecular complexity index is 696. The number of fused-ring (bicyclic) bond motifs is 1. The number of rotatable bonds is 2. The number of carbonyl (C=O) groups excluding carboxylic acids is 1. The zero-order valence-corrected chi connectivity index (χ0v) is 13.1. The predicted octanol–water partition coefficient (Wildman–Crippen LogP) is 2.45. The standard InChI is InChI=1S/C16H21N3O3/c1-16(2,3)22-15(21)19-7-11(8-19)6-12-9-18-10-13(20)4-5-14(18)17-12/h4-5,9-11,20H,6-8H2,1-3H3. The van der Waals surface area contributed by atoms with Gasteiger partial charge in [-0.1, -0.05) is 0 Å². The lowest BCUT2D eigenvalue weighted by molar-refractivity contribution is -0.000991. The summed E-state index contributed by atoms with van der Waals surface area (Å²) in [5.41, 5.74) is 1.33. The van der Waals surface area contributed by atoms with E-state index < -0.39 is 5.60 Å². The summed E-state index contributed by atoms with van der Waals surface area (Å²) in [5, 5.41) is 9.46. The second kappa shape index (κ2) is 5.19. The first-order valence-corrected chi connectivity index (χ1v) is 7.45. The third-order valence-electron chi connectivity index (χ3n) is 3.59. The van der Waals surface area contributed by atoms with Gasteiger partial charge in [0.2, 0.25) is 0 Å². The van der Waals surface area contributed by atoms with Gasteiger partial charge in [-0.05, 0) is 45.2 Å². The average Bonchev–Trinajstić information content (AvgIpc) is 2.72. The zero-order valence-electron chi connectivity index (χ0n) is 13.1. The third kappa shape index (κ3) is 3.16. The number of hydrogen-bond donors (Lipinski definition) is 1. The van der Waals surface area contributed by atoms with E-state index in [2.05, 4.69) is 4.98 Å². The van der Waals surface area contributed by atoms with E-state index >= 15 is 0 Å².